The molecule has 25 heavy (non-hydrogen) atoms. The van der Waals surface area contributed by atoms with Crippen molar-refractivity contribution in [3.8, 4) is 0 Å². The van der Waals surface area contributed by atoms with Crippen molar-refractivity contribution in [2.24, 2.45) is 4.99 Å². The first-order valence-electron chi connectivity index (χ1n) is 8.66. The summed E-state index contributed by atoms with van der Waals surface area (Å²) in [7, 11) is 0. The smallest absolute Gasteiger partial charge is 0.126 e. The summed E-state index contributed by atoms with van der Waals surface area (Å²) in [4.78, 5) is 8.30. The molecule has 0 radical (unpaired) electrons. The number of thioether (sulfide) groups is 1. The predicted molar refractivity (Wildman–Crippen MR) is 112 cm³/mol. The molecule has 0 aliphatic carbocycles. The summed E-state index contributed by atoms with van der Waals surface area (Å²) in [6, 6.07) is 5.93. The Hall–Kier alpha value is -0.800. The molecule has 1 atom stereocenters. The van der Waals surface area contributed by atoms with Crippen molar-refractivity contribution in [3.63, 3.8) is 0 Å². The van der Waals surface area contributed by atoms with Crippen LogP contribution in [0.1, 0.15) is 25.0 Å². The standard InChI is InChI=1S/C18H21FIN3OS/c19-12-7-11-8-16(18-22-14(1-4-20)10-25-18)23-17(11)15(9-12)21-13-2-5-24-6-3-13/h7-9,13-14,21,23H,1-6,10H2. The summed E-state index contributed by atoms with van der Waals surface area (Å²) in [5.74, 6) is 0.825. The van der Waals surface area contributed by atoms with Gasteiger partial charge in [0.05, 0.1) is 22.9 Å². The Labute approximate surface area is 164 Å². The number of hydrogen-bond acceptors (Lipinski definition) is 4. The highest BCUT2D eigenvalue weighted by Gasteiger charge is 2.21. The van der Waals surface area contributed by atoms with E-state index in [1.165, 1.54) is 0 Å². The monoisotopic (exact) mass is 473 g/mol. The first kappa shape index (κ1) is 17.6. The second-order valence-electron chi connectivity index (χ2n) is 6.51. The van der Waals surface area contributed by atoms with Crippen LogP contribution in [0, 0.1) is 5.82 Å². The molecule has 134 valence electrons. The molecule has 1 unspecified atom stereocenters. The van der Waals surface area contributed by atoms with Crippen molar-refractivity contribution in [3.05, 3.63) is 29.7 Å². The van der Waals surface area contributed by atoms with Gasteiger partial charge in [-0.3, -0.25) is 4.99 Å². The van der Waals surface area contributed by atoms with Crippen molar-refractivity contribution < 1.29 is 9.13 Å². The van der Waals surface area contributed by atoms with Crippen molar-refractivity contribution in [1.82, 2.24) is 4.98 Å². The maximum atomic E-state index is 14.1. The van der Waals surface area contributed by atoms with Gasteiger partial charge in [0.15, 0.2) is 0 Å². The van der Waals surface area contributed by atoms with Gasteiger partial charge in [0.1, 0.15) is 10.9 Å². The number of aromatic amines is 1. The zero-order valence-corrected chi connectivity index (χ0v) is 16.8. The number of halogens is 2. The lowest BCUT2D eigenvalue weighted by molar-refractivity contribution is 0.0905. The maximum Gasteiger partial charge on any atom is 0.126 e. The maximum absolute atomic E-state index is 14.1. The number of aliphatic imine (C=N–C) groups is 1. The molecule has 2 aliphatic heterocycles. The third-order valence-electron chi connectivity index (χ3n) is 4.66. The van der Waals surface area contributed by atoms with Crippen LogP contribution in [0.3, 0.4) is 0 Å². The fourth-order valence-corrected chi connectivity index (χ4v) is 5.13. The number of alkyl halides is 1. The van der Waals surface area contributed by atoms with E-state index in [1.54, 1.807) is 23.9 Å². The van der Waals surface area contributed by atoms with Crippen LogP contribution in [0.25, 0.3) is 10.9 Å². The van der Waals surface area contributed by atoms with Gasteiger partial charge in [-0.1, -0.05) is 22.6 Å². The SMILES string of the molecule is Fc1cc(NC2CCOCC2)c2[nH]c(C3=NC(CCI)CS3)cc2c1. The van der Waals surface area contributed by atoms with Crippen LogP contribution in [0.5, 0.6) is 0 Å². The van der Waals surface area contributed by atoms with Crippen molar-refractivity contribution >= 4 is 56.0 Å². The number of H-pyrrole nitrogens is 1. The molecule has 0 amide bonds. The molecule has 4 rings (SSSR count). The Kier molecular flexibility index (Phi) is 5.52. The van der Waals surface area contributed by atoms with Gasteiger partial charge in [0.25, 0.3) is 0 Å². The number of nitrogens with zero attached hydrogens (tertiary/aromatic N) is 1. The van der Waals surface area contributed by atoms with E-state index in [4.69, 9.17) is 9.73 Å². The summed E-state index contributed by atoms with van der Waals surface area (Å²) in [5, 5.41) is 5.44. The van der Waals surface area contributed by atoms with Crippen LogP contribution in [-0.2, 0) is 4.74 Å². The van der Waals surface area contributed by atoms with E-state index in [9.17, 15) is 4.39 Å². The lowest BCUT2D eigenvalue weighted by Crippen LogP contribution is -2.27. The fourth-order valence-electron chi connectivity index (χ4n) is 3.34. The van der Waals surface area contributed by atoms with E-state index < -0.39 is 0 Å². The summed E-state index contributed by atoms with van der Waals surface area (Å²) in [6.07, 6.45) is 3.01. The summed E-state index contributed by atoms with van der Waals surface area (Å²) >= 11 is 4.19. The third-order valence-corrected chi connectivity index (χ3v) is 6.43. The largest absolute Gasteiger partial charge is 0.381 e. The Morgan fingerprint density at radius 3 is 2.96 bits per heavy atom. The second-order valence-corrected chi connectivity index (χ2v) is 8.60. The van der Waals surface area contributed by atoms with Gasteiger partial charge in [-0.15, -0.1) is 11.8 Å². The molecule has 2 aliphatic rings. The zero-order valence-electron chi connectivity index (χ0n) is 13.9. The molecule has 1 fully saturated rings. The van der Waals surface area contributed by atoms with Crippen LogP contribution >= 0.6 is 34.4 Å². The van der Waals surface area contributed by atoms with Crippen LogP contribution in [0.2, 0.25) is 0 Å². The molecule has 2 N–H and O–H groups in total. The predicted octanol–water partition coefficient (Wildman–Crippen LogP) is 4.59. The molecule has 0 saturated carbocycles. The number of rotatable bonds is 5. The number of nitrogens with one attached hydrogen (secondary N) is 2. The highest BCUT2D eigenvalue weighted by Crippen LogP contribution is 2.31. The fraction of sp³-hybridized carbons (Fsp3) is 0.500. The van der Waals surface area contributed by atoms with Gasteiger partial charge >= 0.3 is 0 Å². The van der Waals surface area contributed by atoms with E-state index >= 15 is 0 Å². The van der Waals surface area contributed by atoms with E-state index in [2.05, 4.69) is 32.9 Å². The molecular formula is C18H21FIN3OS. The number of ether oxygens (including phenoxy) is 1. The Bertz CT molecular complexity index is 788. The van der Waals surface area contributed by atoms with E-state index in [-0.39, 0.29) is 5.82 Å². The van der Waals surface area contributed by atoms with Gasteiger partial charge in [-0.25, -0.2) is 4.39 Å². The van der Waals surface area contributed by atoms with Crippen LogP contribution in [0.15, 0.2) is 23.2 Å². The van der Waals surface area contributed by atoms with Crippen LogP contribution in [0.4, 0.5) is 10.1 Å². The Morgan fingerprint density at radius 2 is 2.16 bits per heavy atom. The Balaban J connectivity index is 1.63. The van der Waals surface area contributed by atoms with Crippen molar-refractivity contribution in [1.29, 1.82) is 0 Å². The average Bonchev–Trinajstić information content (AvgIpc) is 3.23. The van der Waals surface area contributed by atoms with Gasteiger partial charge in [0.2, 0.25) is 0 Å². The molecular weight excluding hydrogens is 452 g/mol. The molecule has 7 heteroatoms. The van der Waals surface area contributed by atoms with E-state index in [1.807, 2.05) is 6.07 Å². The molecule has 4 nitrogen and oxygen atoms in total. The van der Waals surface area contributed by atoms with Crippen molar-refractivity contribution in [2.75, 3.05) is 28.7 Å². The summed E-state index contributed by atoms with van der Waals surface area (Å²) in [6.45, 7) is 1.52. The Morgan fingerprint density at radius 1 is 1.32 bits per heavy atom. The average molecular weight is 473 g/mol. The molecule has 1 aromatic heterocycles. The van der Waals surface area contributed by atoms with Crippen LogP contribution in [-0.4, -0.2) is 45.5 Å². The summed E-state index contributed by atoms with van der Waals surface area (Å²) < 4.78 is 20.6. The first-order valence-corrected chi connectivity index (χ1v) is 11.2. The highest BCUT2D eigenvalue weighted by molar-refractivity contribution is 14.1. The first-order chi connectivity index (χ1) is 12.2. The summed E-state index contributed by atoms with van der Waals surface area (Å²) in [5.41, 5.74) is 2.79. The van der Waals surface area contributed by atoms with Crippen LogP contribution < -0.4 is 5.32 Å². The van der Waals surface area contributed by atoms with E-state index in [0.29, 0.717) is 12.1 Å². The minimum Gasteiger partial charge on any atom is -0.381 e. The number of benzene rings is 1. The van der Waals surface area contributed by atoms with Gasteiger partial charge in [0, 0.05) is 34.8 Å². The number of fused-ring (bicyclic) bond motifs is 1. The third kappa shape index (κ3) is 3.98. The van der Waals surface area contributed by atoms with Gasteiger partial charge < -0.3 is 15.0 Å². The minimum atomic E-state index is -0.212. The number of aromatic nitrogens is 1. The second kappa shape index (κ2) is 7.84. The molecule has 3 heterocycles. The lowest BCUT2D eigenvalue weighted by atomic mass is 10.1. The van der Waals surface area contributed by atoms with Gasteiger partial charge in [-0.05, 0) is 37.5 Å². The molecule has 0 spiro atoms. The molecule has 0 bridgehead atoms. The number of anilines is 1. The zero-order chi connectivity index (χ0) is 17.2. The normalized spacial score (nSPS) is 21.7. The van der Waals surface area contributed by atoms with Gasteiger partial charge in [-0.2, -0.15) is 0 Å². The minimum absolute atomic E-state index is 0.212. The molecule has 1 aromatic carbocycles. The number of hydrogen-bond donors (Lipinski definition) is 2. The van der Waals surface area contributed by atoms with Crippen molar-refractivity contribution in [2.45, 2.75) is 31.3 Å². The molecule has 1 saturated heterocycles. The van der Waals surface area contributed by atoms with E-state index in [0.717, 1.165) is 70.0 Å². The lowest BCUT2D eigenvalue weighted by Gasteiger charge is -2.24. The molecule has 2 aromatic rings. The topological polar surface area (TPSA) is 49.4 Å². The highest BCUT2D eigenvalue weighted by atomic mass is 127. The quantitative estimate of drug-likeness (QED) is 0.494.